The van der Waals surface area contributed by atoms with Gasteiger partial charge in [-0.25, -0.2) is 18.1 Å². The van der Waals surface area contributed by atoms with Gasteiger partial charge in [0.05, 0.1) is 23.4 Å². The van der Waals surface area contributed by atoms with E-state index in [2.05, 4.69) is 9.71 Å². The van der Waals surface area contributed by atoms with Gasteiger partial charge in [0.15, 0.2) is 0 Å². The molecule has 2 N–H and O–H groups in total. The highest BCUT2D eigenvalue weighted by Gasteiger charge is 2.33. The van der Waals surface area contributed by atoms with Crippen molar-refractivity contribution in [3.63, 3.8) is 0 Å². The summed E-state index contributed by atoms with van der Waals surface area (Å²) in [7, 11) is -3.74. The van der Waals surface area contributed by atoms with Gasteiger partial charge < -0.3 is 5.11 Å². The summed E-state index contributed by atoms with van der Waals surface area (Å²) >= 11 is 7.27. The minimum atomic E-state index is -3.74. The number of carboxylic acids is 1. The van der Waals surface area contributed by atoms with Crippen molar-refractivity contribution in [3.05, 3.63) is 39.2 Å². The molecule has 0 aliphatic heterocycles. The van der Waals surface area contributed by atoms with Crippen LogP contribution >= 0.6 is 22.9 Å². The molecule has 136 valence electrons. The molecular formula is C16H19ClN2O4S2. The van der Waals surface area contributed by atoms with Gasteiger partial charge in [-0.1, -0.05) is 23.7 Å². The van der Waals surface area contributed by atoms with Gasteiger partial charge in [-0.05, 0) is 32.9 Å². The van der Waals surface area contributed by atoms with E-state index >= 15 is 0 Å². The third kappa shape index (κ3) is 5.24. The Balaban J connectivity index is 2.10. The fourth-order valence-electron chi connectivity index (χ4n) is 2.16. The number of aryl methyl sites for hydroxylation is 1. The maximum atomic E-state index is 12.1. The molecule has 0 fully saturated rings. The van der Waals surface area contributed by atoms with Gasteiger partial charge in [0.1, 0.15) is 5.01 Å². The van der Waals surface area contributed by atoms with Crippen molar-refractivity contribution in [2.24, 2.45) is 5.41 Å². The van der Waals surface area contributed by atoms with Crippen LogP contribution in [-0.4, -0.2) is 30.2 Å². The summed E-state index contributed by atoms with van der Waals surface area (Å²) in [6, 6.07) is 7.25. The molecule has 0 aliphatic carbocycles. The van der Waals surface area contributed by atoms with Gasteiger partial charge in [-0.15, -0.1) is 11.3 Å². The lowest BCUT2D eigenvalue weighted by Crippen LogP contribution is -2.37. The molecule has 6 nitrogen and oxygen atoms in total. The van der Waals surface area contributed by atoms with E-state index < -0.39 is 27.2 Å². The molecular weight excluding hydrogens is 384 g/mol. The topological polar surface area (TPSA) is 96.4 Å². The number of benzene rings is 1. The Morgan fingerprint density at radius 3 is 2.48 bits per heavy atom. The standard InChI is InChI=1S/C16H19ClN2O4S2/c1-10-14(11-4-6-12(17)7-5-11)19-13(24-10)8-18-25(22,23)9-16(2,3)15(20)21/h4-7,18H,8-9H2,1-3H3,(H,20,21). The molecule has 2 rings (SSSR count). The van der Waals surface area contributed by atoms with E-state index in [-0.39, 0.29) is 6.54 Å². The van der Waals surface area contributed by atoms with Crippen LogP contribution in [-0.2, 0) is 21.4 Å². The molecule has 0 saturated carbocycles. The smallest absolute Gasteiger partial charge is 0.310 e. The number of hydrogen-bond acceptors (Lipinski definition) is 5. The second-order valence-corrected chi connectivity index (χ2v) is 9.82. The fraction of sp³-hybridized carbons (Fsp3) is 0.375. The second kappa shape index (κ2) is 7.41. The van der Waals surface area contributed by atoms with Crippen molar-refractivity contribution >= 4 is 38.9 Å². The van der Waals surface area contributed by atoms with Crippen molar-refractivity contribution in [3.8, 4) is 11.3 Å². The Labute approximate surface area is 155 Å². The first kappa shape index (κ1) is 19.8. The minimum Gasteiger partial charge on any atom is -0.481 e. The summed E-state index contributed by atoms with van der Waals surface area (Å²) in [5.41, 5.74) is 0.319. The van der Waals surface area contributed by atoms with E-state index in [1.807, 2.05) is 19.1 Å². The number of carboxylic acid groups (broad SMARTS) is 1. The third-order valence-corrected chi connectivity index (χ3v) is 6.44. The molecule has 1 heterocycles. The number of hydrogen-bond donors (Lipinski definition) is 2. The van der Waals surface area contributed by atoms with Gasteiger partial charge in [0.25, 0.3) is 0 Å². The average molecular weight is 403 g/mol. The van der Waals surface area contributed by atoms with Crippen LogP contribution in [0.5, 0.6) is 0 Å². The predicted molar refractivity (Wildman–Crippen MR) is 99.3 cm³/mol. The highest BCUT2D eigenvalue weighted by Crippen LogP contribution is 2.28. The summed E-state index contributed by atoms with van der Waals surface area (Å²) in [5, 5.41) is 10.3. The highest BCUT2D eigenvalue weighted by atomic mass is 35.5. The Hall–Kier alpha value is -1.48. The normalized spacial score (nSPS) is 12.3. The first-order chi connectivity index (χ1) is 11.5. The van der Waals surface area contributed by atoms with Gasteiger partial charge in [0, 0.05) is 15.5 Å². The van der Waals surface area contributed by atoms with E-state index in [1.165, 1.54) is 25.2 Å². The molecule has 1 aromatic carbocycles. The zero-order chi connectivity index (χ0) is 18.8. The molecule has 25 heavy (non-hydrogen) atoms. The van der Waals surface area contributed by atoms with Gasteiger partial charge in [0.2, 0.25) is 10.0 Å². The lowest BCUT2D eigenvalue weighted by atomic mass is 9.97. The first-order valence-corrected chi connectivity index (χ1v) is 10.3. The van der Waals surface area contributed by atoms with E-state index in [4.69, 9.17) is 16.7 Å². The monoisotopic (exact) mass is 402 g/mol. The van der Waals surface area contributed by atoms with Crippen molar-refractivity contribution in [1.82, 2.24) is 9.71 Å². The maximum Gasteiger partial charge on any atom is 0.310 e. The number of nitrogens with one attached hydrogen (secondary N) is 1. The van der Waals surface area contributed by atoms with Gasteiger partial charge in [-0.3, -0.25) is 4.79 Å². The van der Waals surface area contributed by atoms with Crippen LogP contribution in [0.3, 0.4) is 0 Å². The van der Waals surface area contributed by atoms with Crippen LogP contribution in [0.15, 0.2) is 24.3 Å². The quantitative estimate of drug-likeness (QED) is 0.740. The van der Waals surface area contributed by atoms with Crippen molar-refractivity contribution in [2.75, 3.05) is 5.75 Å². The van der Waals surface area contributed by atoms with E-state index in [9.17, 15) is 13.2 Å². The molecule has 0 amide bonds. The van der Waals surface area contributed by atoms with Crippen molar-refractivity contribution in [2.45, 2.75) is 27.3 Å². The van der Waals surface area contributed by atoms with Crippen LogP contribution < -0.4 is 4.72 Å². The number of rotatable bonds is 7. The summed E-state index contributed by atoms with van der Waals surface area (Å²) in [6.45, 7) is 4.69. The molecule has 1 aromatic heterocycles. The van der Waals surface area contributed by atoms with Crippen molar-refractivity contribution in [1.29, 1.82) is 0 Å². The second-order valence-electron chi connectivity index (χ2n) is 6.29. The number of carbonyl (C=O) groups is 1. The van der Waals surface area contributed by atoms with Crippen LogP contribution in [0.4, 0.5) is 0 Å². The molecule has 0 spiro atoms. The van der Waals surface area contributed by atoms with Gasteiger partial charge in [-0.2, -0.15) is 0 Å². The Morgan fingerprint density at radius 2 is 1.92 bits per heavy atom. The fourth-order valence-corrected chi connectivity index (χ4v) is 4.81. The van der Waals surface area contributed by atoms with Crippen LogP contribution in [0.2, 0.25) is 5.02 Å². The number of nitrogens with zero attached hydrogens (tertiary/aromatic N) is 1. The Kier molecular flexibility index (Phi) is 5.88. The number of aromatic nitrogens is 1. The molecule has 0 saturated heterocycles. The number of halogens is 1. The lowest BCUT2D eigenvalue weighted by Gasteiger charge is -2.18. The number of sulfonamides is 1. The summed E-state index contributed by atoms with van der Waals surface area (Å²) < 4.78 is 26.6. The first-order valence-electron chi connectivity index (χ1n) is 7.43. The van der Waals surface area contributed by atoms with Crippen LogP contribution in [0.1, 0.15) is 23.7 Å². The van der Waals surface area contributed by atoms with Gasteiger partial charge >= 0.3 is 5.97 Å². The molecule has 0 atom stereocenters. The Bertz CT molecular complexity index is 874. The SMILES string of the molecule is Cc1sc(CNS(=O)(=O)CC(C)(C)C(=O)O)nc1-c1ccc(Cl)cc1. The molecule has 2 aromatic rings. The summed E-state index contributed by atoms with van der Waals surface area (Å²) in [6.07, 6.45) is 0. The zero-order valence-electron chi connectivity index (χ0n) is 14.0. The molecule has 0 aliphatic rings. The van der Waals surface area contributed by atoms with Crippen LogP contribution in [0, 0.1) is 12.3 Å². The molecule has 0 radical (unpaired) electrons. The van der Waals surface area contributed by atoms with E-state index in [0.29, 0.717) is 10.0 Å². The predicted octanol–water partition coefficient (Wildman–Crippen LogP) is 3.30. The number of aliphatic carboxylic acids is 1. The van der Waals surface area contributed by atoms with E-state index in [1.54, 1.807) is 12.1 Å². The zero-order valence-corrected chi connectivity index (χ0v) is 16.4. The molecule has 0 bridgehead atoms. The summed E-state index contributed by atoms with van der Waals surface area (Å²) in [4.78, 5) is 16.5. The molecule has 9 heteroatoms. The largest absolute Gasteiger partial charge is 0.481 e. The maximum absolute atomic E-state index is 12.1. The van der Waals surface area contributed by atoms with E-state index in [0.717, 1.165) is 16.1 Å². The average Bonchev–Trinajstić information content (AvgIpc) is 2.86. The number of thiazole rings is 1. The minimum absolute atomic E-state index is 0.0249. The highest BCUT2D eigenvalue weighted by molar-refractivity contribution is 7.89. The lowest BCUT2D eigenvalue weighted by molar-refractivity contribution is -0.145. The van der Waals surface area contributed by atoms with Crippen molar-refractivity contribution < 1.29 is 18.3 Å². The summed E-state index contributed by atoms with van der Waals surface area (Å²) in [5.74, 6) is -1.66. The van der Waals surface area contributed by atoms with Crippen LogP contribution in [0.25, 0.3) is 11.3 Å². The third-order valence-electron chi connectivity index (χ3n) is 3.53. The molecule has 0 unspecified atom stereocenters. The Morgan fingerprint density at radius 1 is 1.32 bits per heavy atom.